The number of halogens is 4. The van der Waals surface area contributed by atoms with Gasteiger partial charge in [-0.15, -0.1) is 0 Å². The van der Waals surface area contributed by atoms with Gasteiger partial charge in [0.05, 0.1) is 5.56 Å². The monoisotopic (exact) mass is 277 g/mol. The third-order valence-electron chi connectivity index (χ3n) is 2.50. The molecule has 1 aromatic carbocycles. The Morgan fingerprint density at radius 3 is 2.47 bits per heavy atom. The molecule has 0 aromatic heterocycles. The maximum atomic E-state index is 13.0. The fourth-order valence-electron chi connectivity index (χ4n) is 1.46. The van der Waals surface area contributed by atoms with Crippen molar-refractivity contribution in [2.75, 3.05) is 5.32 Å². The lowest BCUT2D eigenvalue weighted by Gasteiger charge is -2.11. The molecule has 19 heavy (non-hydrogen) atoms. The van der Waals surface area contributed by atoms with Crippen LogP contribution in [0.5, 0.6) is 0 Å². The van der Waals surface area contributed by atoms with E-state index in [0.717, 1.165) is 6.07 Å². The summed E-state index contributed by atoms with van der Waals surface area (Å²) in [5, 5.41) is 2.33. The summed E-state index contributed by atoms with van der Waals surface area (Å²) < 4.78 is 50.4. The molecular weight excluding hydrogens is 262 g/mol. The molecule has 0 heterocycles. The van der Waals surface area contributed by atoms with Gasteiger partial charge in [0, 0.05) is 12.1 Å². The Labute approximate surface area is 108 Å². The lowest BCUT2D eigenvalue weighted by Crippen LogP contribution is -2.14. The van der Waals surface area contributed by atoms with Crippen LogP contribution in [-0.2, 0) is 11.0 Å². The molecule has 0 radical (unpaired) electrons. The van der Waals surface area contributed by atoms with Crippen molar-refractivity contribution in [2.24, 2.45) is 5.92 Å². The maximum absolute atomic E-state index is 13.0. The van der Waals surface area contributed by atoms with Crippen LogP contribution in [0, 0.1) is 11.7 Å². The summed E-state index contributed by atoms with van der Waals surface area (Å²) in [5.41, 5.74) is -1.43. The Balaban J connectivity index is 2.78. The second-order valence-electron chi connectivity index (χ2n) is 4.67. The van der Waals surface area contributed by atoms with Crippen molar-refractivity contribution in [1.29, 1.82) is 0 Å². The smallest absolute Gasteiger partial charge is 0.326 e. The number of rotatable bonds is 4. The number of carbonyl (C=O) groups excluding carboxylic acids is 1. The van der Waals surface area contributed by atoms with Gasteiger partial charge in [0.2, 0.25) is 5.91 Å². The standard InChI is InChI=1S/C13H15F4NO/c1-8(2)3-6-12(19)18-9-4-5-11(14)10(7-9)13(15,16)17/h4-5,7-8H,3,6H2,1-2H3,(H,18,19). The Kier molecular flexibility index (Phi) is 4.91. The number of anilines is 1. The zero-order chi connectivity index (χ0) is 14.6. The number of hydrogen-bond acceptors (Lipinski definition) is 1. The number of carbonyl (C=O) groups is 1. The highest BCUT2D eigenvalue weighted by atomic mass is 19.4. The highest BCUT2D eigenvalue weighted by molar-refractivity contribution is 5.90. The molecule has 1 amide bonds. The van der Waals surface area contributed by atoms with Crippen LogP contribution in [0.1, 0.15) is 32.3 Å². The SMILES string of the molecule is CC(C)CCC(=O)Nc1ccc(F)c(C(F)(F)F)c1. The van der Waals surface area contributed by atoms with Crippen LogP contribution in [0.25, 0.3) is 0 Å². The van der Waals surface area contributed by atoms with Gasteiger partial charge < -0.3 is 5.32 Å². The van der Waals surface area contributed by atoms with Crippen LogP contribution in [0.3, 0.4) is 0 Å². The van der Waals surface area contributed by atoms with E-state index in [1.807, 2.05) is 13.8 Å². The molecule has 0 aliphatic heterocycles. The first-order valence-electron chi connectivity index (χ1n) is 5.86. The lowest BCUT2D eigenvalue weighted by molar-refractivity contribution is -0.140. The van der Waals surface area contributed by atoms with Gasteiger partial charge in [0.1, 0.15) is 5.82 Å². The normalized spacial score (nSPS) is 11.7. The molecule has 0 unspecified atom stereocenters. The summed E-state index contributed by atoms with van der Waals surface area (Å²) in [7, 11) is 0. The van der Waals surface area contributed by atoms with Crippen LogP contribution in [0.4, 0.5) is 23.2 Å². The van der Waals surface area contributed by atoms with Crippen molar-refractivity contribution in [3.63, 3.8) is 0 Å². The Morgan fingerprint density at radius 1 is 1.32 bits per heavy atom. The third-order valence-corrected chi connectivity index (χ3v) is 2.50. The fourth-order valence-corrected chi connectivity index (χ4v) is 1.46. The van der Waals surface area contributed by atoms with Gasteiger partial charge in [-0.05, 0) is 30.5 Å². The fraction of sp³-hybridized carbons (Fsp3) is 0.462. The first-order chi connectivity index (χ1) is 8.70. The second-order valence-corrected chi connectivity index (χ2v) is 4.67. The minimum atomic E-state index is -4.78. The van der Waals surface area contributed by atoms with Crippen molar-refractivity contribution < 1.29 is 22.4 Å². The van der Waals surface area contributed by atoms with Crippen molar-refractivity contribution in [1.82, 2.24) is 0 Å². The van der Waals surface area contributed by atoms with E-state index in [0.29, 0.717) is 24.5 Å². The van der Waals surface area contributed by atoms with Crippen LogP contribution >= 0.6 is 0 Å². The molecule has 0 aliphatic rings. The van der Waals surface area contributed by atoms with Crippen LogP contribution < -0.4 is 5.32 Å². The highest BCUT2D eigenvalue weighted by Crippen LogP contribution is 2.33. The molecule has 106 valence electrons. The molecule has 0 fully saturated rings. The quantitative estimate of drug-likeness (QED) is 0.820. The number of amides is 1. The molecule has 1 rings (SSSR count). The molecule has 0 aliphatic carbocycles. The van der Waals surface area contributed by atoms with Gasteiger partial charge >= 0.3 is 6.18 Å². The van der Waals surface area contributed by atoms with E-state index in [4.69, 9.17) is 0 Å². The largest absolute Gasteiger partial charge is 0.419 e. The van der Waals surface area contributed by atoms with Crippen molar-refractivity contribution in [3.05, 3.63) is 29.6 Å². The number of alkyl halides is 3. The predicted molar refractivity (Wildman–Crippen MR) is 64.1 cm³/mol. The van der Waals surface area contributed by atoms with Crippen molar-refractivity contribution in [2.45, 2.75) is 32.9 Å². The van der Waals surface area contributed by atoms with Crippen LogP contribution in [0.2, 0.25) is 0 Å². The summed E-state index contributed by atoms with van der Waals surface area (Å²) in [5.74, 6) is -1.41. The van der Waals surface area contributed by atoms with Crippen molar-refractivity contribution >= 4 is 11.6 Å². The minimum Gasteiger partial charge on any atom is -0.326 e. The summed E-state index contributed by atoms with van der Waals surface area (Å²) in [6, 6.07) is 2.40. The summed E-state index contributed by atoms with van der Waals surface area (Å²) in [6.07, 6.45) is -3.92. The topological polar surface area (TPSA) is 29.1 Å². The molecule has 1 N–H and O–H groups in total. The number of benzene rings is 1. The van der Waals surface area contributed by atoms with E-state index in [-0.39, 0.29) is 18.0 Å². The zero-order valence-electron chi connectivity index (χ0n) is 10.6. The van der Waals surface area contributed by atoms with E-state index in [1.165, 1.54) is 0 Å². The first kappa shape index (κ1) is 15.5. The molecule has 6 heteroatoms. The highest BCUT2D eigenvalue weighted by Gasteiger charge is 2.34. The first-order valence-corrected chi connectivity index (χ1v) is 5.86. The van der Waals surface area contributed by atoms with Crippen LogP contribution in [0.15, 0.2) is 18.2 Å². The Morgan fingerprint density at radius 2 is 1.95 bits per heavy atom. The predicted octanol–water partition coefficient (Wildman–Crippen LogP) is 4.22. The van der Waals surface area contributed by atoms with Gasteiger partial charge in [0.25, 0.3) is 0 Å². The molecule has 0 atom stereocenters. The molecule has 0 bridgehead atoms. The summed E-state index contributed by atoms with van der Waals surface area (Å²) >= 11 is 0. The van der Waals surface area contributed by atoms with Gasteiger partial charge in [-0.3, -0.25) is 4.79 Å². The molecule has 1 aromatic rings. The average Bonchev–Trinajstić information content (AvgIpc) is 2.27. The second kappa shape index (κ2) is 6.04. The summed E-state index contributed by atoms with van der Waals surface area (Å²) in [4.78, 5) is 11.5. The zero-order valence-corrected chi connectivity index (χ0v) is 10.6. The molecular formula is C13H15F4NO. The van der Waals surface area contributed by atoms with E-state index < -0.39 is 17.6 Å². The maximum Gasteiger partial charge on any atom is 0.419 e. The number of nitrogens with one attached hydrogen (secondary N) is 1. The third kappa shape index (κ3) is 4.89. The number of hydrogen-bond donors (Lipinski definition) is 1. The molecule has 0 spiro atoms. The minimum absolute atomic E-state index is 0.0533. The van der Waals surface area contributed by atoms with Crippen molar-refractivity contribution in [3.8, 4) is 0 Å². The Bertz CT molecular complexity index is 454. The van der Waals surface area contributed by atoms with Gasteiger partial charge in [-0.25, -0.2) is 4.39 Å². The lowest BCUT2D eigenvalue weighted by atomic mass is 10.1. The molecule has 2 nitrogen and oxygen atoms in total. The Hall–Kier alpha value is -1.59. The summed E-state index contributed by atoms with van der Waals surface area (Å²) in [6.45, 7) is 3.87. The van der Waals surface area contributed by atoms with E-state index in [1.54, 1.807) is 0 Å². The average molecular weight is 277 g/mol. The van der Waals surface area contributed by atoms with E-state index in [9.17, 15) is 22.4 Å². The van der Waals surface area contributed by atoms with Gasteiger partial charge in [-0.2, -0.15) is 13.2 Å². The van der Waals surface area contributed by atoms with E-state index >= 15 is 0 Å². The molecule has 0 saturated carbocycles. The van der Waals surface area contributed by atoms with Gasteiger partial charge in [0.15, 0.2) is 0 Å². The molecule has 0 saturated heterocycles. The van der Waals surface area contributed by atoms with Crippen LogP contribution in [-0.4, -0.2) is 5.91 Å². The van der Waals surface area contributed by atoms with E-state index in [2.05, 4.69) is 5.32 Å². The van der Waals surface area contributed by atoms with Gasteiger partial charge in [-0.1, -0.05) is 13.8 Å².